The SMILES string of the molecule is CCCCCC[n+]1ccn(-c2ccc(C)cc2)c1. The Labute approximate surface area is 110 Å². The minimum absolute atomic E-state index is 1.12. The lowest BCUT2D eigenvalue weighted by Crippen LogP contribution is -2.30. The molecule has 1 aromatic heterocycles. The van der Waals surface area contributed by atoms with Gasteiger partial charge in [0.2, 0.25) is 6.33 Å². The maximum absolute atomic E-state index is 2.27. The van der Waals surface area contributed by atoms with Gasteiger partial charge in [-0.25, -0.2) is 9.13 Å². The molecule has 0 amide bonds. The van der Waals surface area contributed by atoms with Gasteiger partial charge >= 0.3 is 0 Å². The van der Waals surface area contributed by atoms with Crippen LogP contribution in [0.1, 0.15) is 38.2 Å². The van der Waals surface area contributed by atoms with E-state index in [1.807, 2.05) is 0 Å². The van der Waals surface area contributed by atoms with Crippen LogP contribution in [0.5, 0.6) is 0 Å². The number of benzene rings is 1. The second kappa shape index (κ2) is 6.39. The molecule has 0 spiro atoms. The number of rotatable bonds is 6. The van der Waals surface area contributed by atoms with Crippen molar-refractivity contribution >= 4 is 0 Å². The summed E-state index contributed by atoms with van der Waals surface area (Å²) in [6, 6.07) is 8.63. The van der Waals surface area contributed by atoms with Crippen molar-refractivity contribution in [2.24, 2.45) is 0 Å². The van der Waals surface area contributed by atoms with Crippen LogP contribution in [-0.4, -0.2) is 4.57 Å². The number of hydrogen-bond donors (Lipinski definition) is 0. The molecule has 0 aliphatic heterocycles. The van der Waals surface area contributed by atoms with E-state index in [-0.39, 0.29) is 0 Å². The van der Waals surface area contributed by atoms with Crippen molar-refractivity contribution < 1.29 is 4.57 Å². The second-order valence-corrected chi connectivity index (χ2v) is 4.95. The maximum Gasteiger partial charge on any atom is 0.248 e. The summed E-state index contributed by atoms with van der Waals surface area (Å²) >= 11 is 0. The van der Waals surface area contributed by atoms with Gasteiger partial charge in [-0.2, -0.15) is 0 Å². The van der Waals surface area contributed by atoms with Crippen molar-refractivity contribution in [3.05, 3.63) is 48.5 Å². The van der Waals surface area contributed by atoms with Gasteiger partial charge in [-0.1, -0.05) is 37.5 Å². The van der Waals surface area contributed by atoms with Crippen molar-refractivity contribution in [3.63, 3.8) is 0 Å². The summed E-state index contributed by atoms with van der Waals surface area (Å²) in [7, 11) is 0. The third kappa shape index (κ3) is 3.46. The fourth-order valence-electron chi connectivity index (χ4n) is 2.12. The quantitative estimate of drug-likeness (QED) is 0.541. The largest absolute Gasteiger partial charge is 0.248 e. The first-order chi connectivity index (χ1) is 8.79. The van der Waals surface area contributed by atoms with E-state index in [0.717, 1.165) is 6.54 Å². The van der Waals surface area contributed by atoms with Crippen LogP contribution in [0.3, 0.4) is 0 Å². The molecule has 0 aliphatic rings. The topological polar surface area (TPSA) is 8.81 Å². The van der Waals surface area contributed by atoms with E-state index in [2.05, 4.69) is 66.0 Å². The summed E-state index contributed by atoms with van der Waals surface area (Å²) in [4.78, 5) is 0. The fourth-order valence-corrected chi connectivity index (χ4v) is 2.12. The molecule has 2 heteroatoms. The molecule has 0 unspecified atom stereocenters. The van der Waals surface area contributed by atoms with Crippen LogP contribution in [0.15, 0.2) is 43.0 Å². The second-order valence-electron chi connectivity index (χ2n) is 4.95. The average Bonchev–Trinajstić information content (AvgIpc) is 2.84. The summed E-state index contributed by atoms with van der Waals surface area (Å²) in [6.45, 7) is 5.49. The number of aromatic nitrogens is 2. The highest BCUT2D eigenvalue weighted by Crippen LogP contribution is 2.08. The van der Waals surface area contributed by atoms with Gasteiger partial charge in [0.25, 0.3) is 0 Å². The van der Waals surface area contributed by atoms with Crippen LogP contribution in [0.2, 0.25) is 0 Å². The molecular weight excluding hydrogens is 220 g/mol. The standard InChI is InChI=1S/C16H23N2/c1-3-4-5-6-11-17-12-13-18(14-17)16-9-7-15(2)8-10-16/h7-10,12-14H,3-6,11H2,1-2H3/q+1. The van der Waals surface area contributed by atoms with E-state index in [1.165, 1.54) is 36.9 Å². The van der Waals surface area contributed by atoms with Gasteiger partial charge in [-0.3, -0.25) is 0 Å². The zero-order valence-corrected chi connectivity index (χ0v) is 11.5. The van der Waals surface area contributed by atoms with Crippen molar-refractivity contribution in [2.45, 2.75) is 46.1 Å². The molecule has 2 rings (SSSR count). The normalized spacial score (nSPS) is 10.8. The first kappa shape index (κ1) is 12.9. The van der Waals surface area contributed by atoms with E-state index in [4.69, 9.17) is 0 Å². The molecular formula is C16H23N2+. The first-order valence-corrected chi connectivity index (χ1v) is 6.93. The number of unbranched alkanes of at least 4 members (excludes halogenated alkanes) is 3. The molecule has 0 N–H and O–H groups in total. The number of hydrogen-bond acceptors (Lipinski definition) is 0. The molecule has 18 heavy (non-hydrogen) atoms. The van der Waals surface area contributed by atoms with Crippen LogP contribution in [0.25, 0.3) is 5.69 Å². The maximum atomic E-state index is 2.27. The van der Waals surface area contributed by atoms with Gasteiger partial charge < -0.3 is 0 Å². The molecule has 1 heterocycles. The van der Waals surface area contributed by atoms with Crippen molar-refractivity contribution in [2.75, 3.05) is 0 Å². The molecule has 2 aromatic rings. The van der Waals surface area contributed by atoms with E-state index >= 15 is 0 Å². The van der Waals surface area contributed by atoms with Gasteiger partial charge in [0.05, 0.1) is 6.54 Å². The Morgan fingerprint density at radius 2 is 1.83 bits per heavy atom. The smallest absolute Gasteiger partial charge is 0.236 e. The Hall–Kier alpha value is -1.57. The zero-order chi connectivity index (χ0) is 12.8. The van der Waals surface area contributed by atoms with Crippen molar-refractivity contribution in [1.82, 2.24) is 4.57 Å². The molecule has 0 bridgehead atoms. The minimum atomic E-state index is 1.12. The van der Waals surface area contributed by atoms with Crippen LogP contribution in [0, 0.1) is 6.92 Å². The molecule has 0 fully saturated rings. The van der Waals surface area contributed by atoms with E-state index in [9.17, 15) is 0 Å². The van der Waals surface area contributed by atoms with E-state index < -0.39 is 0 Å². The van der Waals surface area contributed by atoms with Crippen LogP contribution in [0.4, 0.5) is 0 Å². The van der Waals surface area contributed by atoms with Gasteiger partial charge in [-0.15, -0.1) is 0 Å². The highest BCUT2D eigenvalue weighted by molar-refractivity contribution is 5.33. The van der Waals surface area contributed by atoms with Crippen LogP contribution >= 0.6 is 0 Å². The predicted octanol–water partition coefficient (Wildman–Crippen LogP) is 3.65. The first-order valence-electron chi connectivity index (χ1n) is 6.93. The Kier molecular flexibility index (Phi) is 4.57. The summed E-state index contributed by atoms with van der Waals surface area (Å²) in [5.74, 6) is 0. The molecule has 0 atom stereocenters. The van der Waals surface area contributed by atoms with E-state index in [0.29, 0.717) is 0 Å². The Bertz CT molecular complexity index is 468. The van der Waals surface area contributed by atoms with E-state index in [1.54, 1.807) is 0 Å². The van der Waals surface area contributed by atoms with Gasteiger partial charge in [0.15, 0.2) is 0 Å². The number of imidazole rings is 1. The highest BCUT2D eigenvalue weighted by atomic mass is 15.1. The molecule has 1 aromatic carbocycles. The van der Waals surface area contributed by atoms with Crippen molar-refractivity contribution in [3.8, 4) is 5.69 Å². The lowest BCUT2D eigenvalue weighted by atomic mass is 10.2. The van der Waals surface area contributed by atoms with Crippen LogP contribution in [-0.2, 0) is 6.54 Å². The Morgan fingerprint density at radius 1 is 1.06 bits per heavy atom. The lowest BCUT2D eigenvalue weighted by Gasteiger charge is -1.97. The summed E-state index contributed by atoms with van der Waals surface area (Å²) in [5, 5.41) is 0. The minimum Gasteiger partial charge on any atom is -0.236 e. The third-order valence-corrected chi connectivity index (χ3v) is 3.29. The van der Waals surface area contributed by atoms with Gasteiger partial charge in [0, 0.05) is 0 Å². The molecule has 2 nitrogen and oxygen atoms in total. The molecule has 0 radical (unpaired) electrons. The van der Waals surface area contributed by atoms with Crippen molar-refractivity contribution in [1.29, 1.82) is 0 Å². The number of aryl methyl sites for hydroxylation is 2. The molecule has 0 saturated heterocycles. The highest BCUT2D eigenvalue weighted by Gasteiger charge is 2.05. The zero-order valence-electron chi connectivity index (χ0n) is 11.5. The van der Waals surface area contributed by atoms with Gasteiger partial charge in [-0.05, 0) is 31.9 Å². The van der Waals surface area contributed by atoms with Crippen LogP contribution < -0.4 is 4.57 Å². The molecule has 96 valence electrons. The Balaban J connectivity index is 1.95. The lowest BCUT2D eigenvalue weighted by molar-refractivity contribution is -0.696. The fraction of sp³-hybridized carbons (Fsp3) is 0.438. The summed E-state index contributed by atoms with van der Waals surface area (Å²) in [5.41, 5.74) is 2.53. The third-order valence-electron chi connectivity index (χ3n) is 3.29. The summed E-state index contributed by atoms with van der Waals surface area (Å²) < 4.78 is 4.45. The average molecular weight is 243 g/mol. The van der Waals surface area contributed by atoms with Gasteiger partial charge in [0.1, 0.15) is 18.1 Å². The monoisotopic (exact) mass is 243 g/mol. The Morgan fingerprint density at radius 3 is 2.56 bits per heavy atom. The molecule has 0 aliphatic carbocycles. The summed E-state index contributed by atoms with van der Waals surface area (Å²) in [6.07, 6.45) is 11.7. The predicted molar refractivity (Wildman–Crippen MR) is 74.8 cm³/mol. The molecule has 0 saturated carbocycles. The number of nitrogens with zero attached hydrogens (tertiary/aromatic N) is 2.